The lowest BCUT2D eigenvalue weighted by Gasteiger charge is -2.32. The van der Waals surface area contributed by atoms with Crippen molar-refractivity contribution >= 4 is 33.5 Å². The van der Waals surface area contributed by atoms with E-state index in [0.29, 0.717) is 18.3 Å². The minimum Gasteiger partial charge on any atom is -0.356 e. The van der Waals surface area contributed by atoms with E-state index in [1.54, 1.807) is 12.3 Å². The number of carbonyl (C=O) groups is 1. The summed E-state index contributed by atoms with van der Waals surface area (Å²) in [4.78, 5) is 28.1. The SMILES string of the molecule is O=C(Nc1ccc(Br)cn1)C1CCCN(c2ccnc(C3CC3)n2)C1. The van der Waals surface area contributed by atoms with Gasteiger partial charge >= 0.3 is 0 Å². The first-order valence-corrected chi connectivity index (χ1v) is 9.48. The van der Waals surface area contributed by atoms with Crippen LogP contribution in [-0.4, -0.2) is 33.9 Å². The number of aromatic nitrogens is 3. The van der Waals surface area contributed by atoms with E-state index in [0.717, 1.165) is 35.5 Å². The van der Waals surface area contributed by atoms with Crippen LogP contribution in [0, 0.1) is 5.92 Å². The molecular formula is C18H20BrN5O. The molecule has 1 saturated heterocycles. The third-order valence-corrected chi connectivity index (χ3v) is 5.17. The third-order valence-electron chi connectivity index (χ3n) is 4.70. The van der Waals surface area contributed by atoms with Crippen LogP contribution >= 0.6 is 15.9 Å². The largest absolute Gasteiger partial charge is 0.356 e. The van der Waals surface area contributed by atoms with Gasteiger partial charge in [-0.25, -0.2) is 15.0 Å². The second-order valence-electron chi connectivity index (χ2n) is 6.68. The monoisotopic (exact) mass is 401 g/mol. The Morgan fingerprint density at radius 1 is 1.20 bits per heavy atom. The summed E-state index contributed by atoms with van der Waals surface area (Å²) in [6.07, 6.45) is 7.77. The average molecular weight is 402 g/mol. The number of hydrogen-bond acceptors (Lipinski definition) is 5. The molecule has 2 aromatic heterocycles. The maximum atomic E-state index is 12.6. The van der Waals surface area contributed by atoms with Crippen molar-refractivity contribution in [3.8, 4) is 0 Å². The number of carbonyl (C=O) groups excluding carboxylic acids is 1. The summed E-state index contributed by atoms with van der Waals surface area (Å²) in [6, 6.07) is 5.62. The predicted octanol–water partition coefficient (Wildman–Crippen LogP) is 3.37. The topological polar surface area (TPSA) is 71.0 Å². The molecule has 0 bridgehead atoms. The molecule has 2 aliphatic rings. The summed E-state index contributed by atoms with van der Waals surface area (Å²) in [5, 5.41) is 2.92. The first kappa shape index (κ1) is 16.4. The maximum Gasteiger partial charge on any atom is 0.230 e. The van der Waals surface area contributed by atoms with E-state index in [1.165, 1.54) is 12.8 Å². The Hall–Kier alpha value is -2.02. The quantitative estimate of drug-likeness (QED) is 0.849. The minimum atomic E-state index is -0.0569. The molecule has 1 saturated carbocycles. The summed E-state index contributed by atoms with van der Waals surface area (Å²) in [5.74, 6) is 2.98. The lowest BCUT2D eigenvalue weighted by Crippen LogP contribution is -2.41. The Morgan fingerprint density at radius 2 is 2.08 bits per heavy atom. The lowest BCUT2D eigenvalue weighted by atomic mass is 9.97. The van der Waals surface area contributed by atoms with Crippen molar-refractivity contribution in [3.63, 3.8) is 0 Å². The van der Waals surface area contributed by atoms with E-state index in [-0.39, 0.29) is 11.8 Å². The van der Waals surface area contributed by atoms with Crippen LogP contribution in [0.15, 0.2) is 35.1 Å². The first-order valence-electron chi connectivity index (χ1n) is 8.69. The number of nitrogens with zero attached hydrogens (tertiary/aromatic N) is 4. The molecule has 2 aromatic rings. The lowest BCUT2D eigenvalue weighted by molar-refractivity contribution is -0.120. The van der Waals surface area contributed by atoms with Gasteiger partial charge in [0, 0.05) is 35.9 Å². The number of piperidine rings is 1. The Morgan fingerprint density at radius 3 is 2.84 bits per heavy atom. The van der Waals surface area contributed by atoms with Gasteiger partial charge in [0.05, 0.1) is 5.92 Å². The van der Waals surface area contributed by atoms with Gasteiger partial charge in [0.15, 0.2) is 0 Å². The zero-order valence-electron chi connectivity index (χ0n) is 13.9. The van der Waals surface area contributed by atoms with Crippen molar-refractivity contribution in [3.05, 3.63) is 40.9 Å². The van der Waals surface area contributed by atoms with Crippen molar-refractivity contribution in [2.24, 2.45) is 5.92 Å². The molecule has 1 aliphatic carbocycles. The van der Waals surface area contributed by atoms with Gasteiger partial charge in [0.25, 0.3) is 0 Å². The van der Waals surface area contributed by atoms with Crippen LogP contribution in [0.5, 0.6) is 0 Å². The summed E-state index contributed by atoms with van der Waals surface area (Å²) in [7, 11) is 0. The summed E-state index contributed by atoms with van der Waals surface area (Å²) in [5.41, 5.74) is 0. The highest BCUT2D eigenvalue weighted by Gasteiger charge is 2.29. The normalized spacial score (nSPS) is 20.4. The number of halogens is 1. The highest BCUT2D eigenvalue weighted by Crippen LogP contribution is 2.38. The van der Waals surface area contributed by atoms with E-state index < -0.39 is 0 Å². The third kappa shape index (κ3) is 3.98. The molecule has 1 atom stereocenters. The van der Waals surface area contributed by atoms with E-state index >= 15 is 0 Å². The molecule has 3 heterocycles. The Balaban J connectivity index is 1.42. The summed E-state index contributed by atoms with van der Waals surface area (Å²) in [6.45, 7) is 1.62. The predicted molar refractivity (Wildman–Crippen MR) is 99.5 cm³/mol. The fourth-order valence-corrected chi connectivity index (χ4v) is 3.39. The van der Waals surface area contributed by atoms with Crippen molar-refractivity contribution < 1.29 is 4.79 Å². The zero-order chi connectivity index (χ0) is 17.2. The number of nitrogens with one attached hydrogen (secondary N) is 1. The van der Waals surface area contributed by atoms with E-state index in [9.17, 15) is 4.79 Å². The molecule has 6 nitrogen and oxygen atoms in total. The van der Waals surface area contributed by atoms with Gasteiger partial charge in [-0.1, -0.05) is 0 Å². The molecule has 130 valence electrons. The molecular weight excluding hydrogens is 382 g/mol. The van der Waals surface area contributed by atoms with Gasteiger partial charge < -0.3 is 10.2 Å². The maximum absolute atomic E-state index is 12.6. The summed E-state index contributed by atoms with van der Waals surface area (Å²) < 4.78 is 0.893. The molecule has 0 spiro atoms. The molecule has 1 N–H and O–H groups in total. The highest BCUT2D eigenvalue weighted by atomic mass is 79.9. The van der Waals surface area contributed by atoms with Crippen LogP contribution < -0.4 is 10.2 Å². The van der Waals surface area contributed by atoms with Crippen molar-refractivity contribution in [2.45, 2.75) is 31.6 Å². The van der Waals surface area contributed by atoms with E-state index in [1.807, 2.05) is 18.3 Å². The number of anilines is 2. The van der Waals surface area contributed by atoms with Gasteiger partial charge in [0.1, 0.15) is 17.5 Å². The average Bonchev–Trinajstić information content (AvgIpc) is 3.49. The molecule has 1 unspecified atom stereocenters. The standard InChI is InChI=1S/C18H20BrN5O/c19-14-5-6-15(21-10-14)22-18(25)13-2-1-9-24(11-13)16-7-8-20-17(23-16)12-3-4-12/h5-8,10,12-13H,1-4,9,11H2,(H,21,22,25). The summed E-state index contributed by atoms with van der Waals surface area (Å²) >= 11 is 3.35. The van der Waals surface area contributed by atoms with Crippen molar-refractivity contribution in [1.29, 1.82) is 0 Å². The molecule has 0 radical (unpaired) electrons. The fourth-order valence-electron chi connectivity index (χ4n) is 3.16. The number of hydrogen-bond donors (Lipinski definition) is 1. The Labute approximate surface area is 155 Å². The van der Waals surface area contributed by atoms with Crippen molar-refractivity contribution in [1.82, 2.24) is 15.0 Å². The Bertz CT molecular complexity index is 762. The molecule has 25 heavy (non-hydrogen) atoms. The number of pyridine rings is 1. The second kappa shape index (κ2) is 7.07. The number of rotatable bonds is 4. The smallest absolute Gasteiger partial charge is 0.230 e. The minimum absolute atomic E-state index is 0.0241. The van der Waals surface area contributed by atoms with Gasteiger partial charge in [-0.3, -0.25) is 4.79 Å². The molecule has 4 rings (SSSR count). The fraction of sp³-hybridized carbons (Fsp3) is 0.444. The van der Waals surface area contributed by atoms with Crippen LogP contribution in [0.2, 0.25) is 0 Å². The Kier molecular flexibility index (Phi) is 4.65. The second-order valence-corrected chi connectivity index (χ2v) is 7.60. The number of amides is 1. The van der Waals surface area contributed by atoms with Crippen LogP contribution in [0.1, 0.15) is 37.4 Å². The van der Waals surface area contributed by atoms with Crippen LogP contribution in [0.25, 0.3) is 0 Å². The highest BCUT2D eigenvalue weighted by molar-refractivity contribution is 9.10. The van der Waals surface area contributed by atoms with Gasteiger partial charge in [0.2, 0.25) is 5.91 Å². The van der Waals surface area contributed by atoms with E-state index in [2.05, 4.69) is 36.1 Å². The van der Waals surface area contributed by atoms with Crippen LogP contribution in [0.3, 0.4) is 0 Å². The van der Waals surface area contributed by atoms with Crippen molar-refractivity contribution in [2.75, 3.05) is 23.3 Å². The van der Waals surface area contributed by atoms with Gasteiger partial charge in [-0.05, 0) is 59.8 Å². The van der Waals surface area contributed by atoms with Crippen LogP contribution in [0.4, 0.5) is 11.6 Å². The molecule has 1 amide bonds. The van der Waals surface area contributed by atoms with Gasteiger partial charge in [-0.15, -0.1) is 0 Å². The first-order chi connectivity index (χ1) is 12.2. The van der Waals surface area contributed by atoms with E-state index in [4.69, 9.17) is 4.98 Å². The molecule has 1 aliphatic heterocycles. The van der Waals surface area contributed by atoms with Gasteiger partial charge in [-0.2, -0.15) is 0 Å². The van der Waals surface area contributed by atoms with Crippen LogP contribution in [-0.2, 0) is 4.79 Å². The molecule has 2 fully saturated rings. The molecule has 0 aromatic carbocycles. The zero-order valence-corrected chi connectivity index (χ0v) is 15.4. The molecule has 7 heteroatoms.